The third kappa shape index (κ3) is 2.54. The Hall–Kier alpha value is -0.900. The van der Waals surface area contributed by atoms with Gasteiger partial charge in [-0.25, -0.2) is 4.39 Å². The number of ether oxygens (including phenoxy) is 1. The van der Waals surface area contributed by atoms with E-state index in [0.29, 0.717) is 11.1 Å². The van der Waals surface area contributed by atoms with Crippen molar-refractivity contribution in [3.8, 4) is 5.75 Å². The van der Waals surface area contributed by atoms with Crippen molar-refractivity contribution in [2.24, 2.45) is 0 Å². The Morgan fingerprint density at radius 2 is 2.29 bits per heavy atom. The van der Waals surface area contributed by atoms with Crippen molar-refractivity contribution in [3.63, 3.8) is 0 Å². The lowest BCUT2D eigenvalue weighted by Crippen LogP contribution is -2.03. The molecule has 1 aromatic rings. The number of carbonyl (C=O) groups is 1. The average molecular weight is 261 g/mol. The van der Waals surface area contributed by atoms with Gasteiger partial charge >= 0.3 is 0 Å². The van der Waals surface area contributed by atoms with Gasteiger partial charge in [0.05, 0.1) is 12.7 Å². The molecule has 1 aromatic carbocycles. The highest BCUT2D eigenvalue weighted by molar-refractivity contribution is 9.09. The van der Waals surface area contributed by atoms with Crippen LogP contribution in [0.25, 0.3) is 0 Å². The van der Waals surface area contributed by atoms with Crippen molar-refractivity contribution in [3.05, 3.63) is 29.6 Å². The fourth-order valence-corrected chi connectivity index (χ4v) is 1.43. The zero-order valence-corrected chi connectivity index (χ0v) is 9.30. The number of carbonyl (C=O) groups excluding carboxylic acids is 1. The van der Waals surface area contributed by atoms with E-state index >= 15 is 0 Å². The van der Waals surface area contributed by atoms with Gasteiger partial charge in [0.1, 0.15) is 11.6 Å². The van der Waals surface area contributed by atoms with Gasteiger partial charge in [-0.15, -0.1) is 0 Å². The molecule has 0 N–H and O–H groups in total. The van der Waals surface area contributed by atoms with Crippen LogP contribution in [0.3, 0.4) is 0 Å². The summed E-state index contributed by atoms with van der Waals surface area (Å²) in [7, 11) is 1.48. The quantitative estimate of drug-likeness (QED) is 0.615. The van der Waals surface area contributed by atoms with Gasteiger partial charge in [0.15, 0.2) is 5.78 Å². The number of Topliss-reactive ketones (excluding diaryl/α,β-unsaturated/α-hetero) is 1. The Morgan fingerprint density at radius 3 is 2.86 bits per heavy atom. The smallest absolute Gasteiger partial charge is 0.166 e. The maximum atomic E-state index is 13.2. The van der Waals surface area contributed by atoms with E-state index in [-0.39, 0.29) is 17.8 Å². The van der Waals surface area contributed by atoms with Gasteiger partial charge in [0.25, 0.3) is 0 Å². The number of methoxy groups -OCH3 is 1. The van der Waals surface area contributed by atoms with Crippen LogP contribution in [0.4, 0.5) is 4.39 Å². The molecule has 2 nitrogen and oxygen atoms in total. The predicted octanol–water partition coefficient (Wildman–Crippen LogP) is 2.80. The van der Waals surface area contributed by atoms with Crippen LogP contribution in [0.1, 0.15) is 16.8 Å². The second kappa shape index (κ2) is 5.10. The van der Waals surface area contributed by atoms with E-state index in [4.69, 9.17) is 4.74 Å². The first kappa shape index (κ1) is 11.2. The van der Waals surface area contributed by atoms with Gasteiger partial charge in [-0.3, -0.25) is 4.79 Å². The molecule has 0 aliphatic rings. The van der Waals surface area contributed by atoms with E-state index < -0.39 is 5.82 Å². The molecule has 0 amide bonds. The summed E-state index contributed by atoms with van der Waals surface area (Å²) in [6.45, 7) is 0. The summed E-state index contributed by atoms with van der Waals surface area (Å²) in [5.41, 5.74) is 0.0869. The molecule has 0 saturated heterocycles. The van der Waals surface area contributed by atoms with E-state index in [0.717, 1.165) is 0 Å². The van der Waals surface area contributed by atoms with Crippen LogP contribution in [0.5, 0.6) is 5.75 Å². The van der Waals surface area contributed by atoms with Crippen LogP contribution in [-0.2, 0) is 0 Å². The summed E-state index contributed by atoms with van der Waals surface area (Å²) in [5, 5.41) is 0.530. The van der Waals surface area contributed by atoms with Crippen molar-refractivity contribution >= 4 is 21.7 Å². The van der Waals surface area contributed by atoms with Crippen LogP contribution < -0.4 is 4.74 Å². The van der Waals surface area contributed by atoms with Crippen molar-refractivity contribution in [1.29, 1.82) is 0 Å². The molecule has 4 heteroatoms. The van der Waals surface area contributed by atoms with Crippen LogP contribution in [0.15, 0.2) is 18.2 Å². The predicted molar refractivity (Wildman–Crippen MR) is 55.7 cm³/mol. The molecule has 0 aliphatic carbocycles. The lowest BCUT2D eigenvalue weighted by atomic mass is 10.1. The Kier molecular flexibility index (Phi) is 4.07. The minimum absolute atomic E-state index is 0.0869. The number of benzene rings is 1. The highest BCUT2D eigenvalue weighted by atomic mass is 79.9. The fraction of sp³-hybridized carbons (Fsp3) is 0.300. The topological polar surface area (TPSA) is 26.3 Å². The Bertz CT molecular complexity index is 339. The third-order valence-electron chi connectivity index (χ3n) is 1.80. The van der Waals surface area contributed by atoms with Gasteiger partial charge in [-0.2, -0.15) is 0 Å². The van der Waals surface area contributed by atoms with E-state index in [1.807, 2.05) is 0 Å². The molecule has 0 bridgehead atoms. The summed E-state index contributed by atoms with van der Waals surface area (Å²) in [6, 6.07) is 4.14. The summed E-state index contributed by atoms with van der Waals surface area (Å²) < 4.78 is 18.1. The molecule has 0 fully saturated rings. The average Bonchev–Trinajstić information content (AvgIpc) is 2.19. The second-order valence-electron chi connectivity index (χ2n) is 2.71. The Balaban J connectivity index is 2.99. The minimum Gasteiger partial charge on any atom is -0.497 e. The zero-order chi connectivity index (χ0) is 10.6. The Labute approximate surface area is 90.2 Å². The van der Waals surface area contributed by atoms with Gasteiger partial charge in [0.2, 0.25) is 0 Å². The lowest BCUT2D eigenvalue weighted by molar-refractivity contribution is 0.0985. The number of hydrogen-bond acceptors (Lipinski definition) is 2. The van der Waals surface area contributed by atoms with Crippen LogP contribution in [0.2, 0.25) is 0 Å². The standard InChI is InChI=1S/C10H10BrFO2/c1-14-7-2-3-9(12)8(6-7)10(13)4-5-11/h2-3,6H,4-5H2,1H3. The van der Waals surface area contributed by atoms with Gasteiger partial charge in [-0.05, 0) is 18.2 Å². The number of hydrogen-bond donors (Lipinski definition) is 0. The molecule has 0 heterocycles. The monoisotopic (exact) mass is 260 g/mol. The molecular formula is C10H10BrFO2. The van der Waals surface area contributed by atoms with Crippen molar-refractivity contribution < 1.29 is 13.9 Å². The van der Waals surface area contributed by atoms with Crippen molar-refractivity contribution in [2.75, 3.05) is 12.4 Å². The van der Waals surface area contributed by atoms with Crippen molar-refractivity contribution in [1.82, 2.24) is 0 Å². The first-order valence-electron chi connectivity index (χ1n) is 4.11. The molecule has 0 spiro atoms. The molecular weight excluding hydrogens is 251 g/mol. The van der Waals surface area contributed by atoms with Gasteiger partial charge in [-0.1, -0.05) is 15.9 Å². The first-order valence-corrected chi connectivity index (χ1v) is 5.24. The summed E-state index contributed by atoms with van der Waals surface area (Å²) >= 11 is 3.13. The Morgan fingerprint density at radius 1 is 1.57 bits per heavy atom. The van der Waals surface area contributed by atoms with E-state index in [1.54, 1.807) is 0 Å². The molecule has 0 aromatic heterocycles. The number of rotatable bonds is 4. The first-order chi connectivity index (χ1) is 6.69. The van der Waals surface area contributed by atoms with Crippen LogP contribution >= 0.6 is 15.9 Å². The summed E-state index contributed by atoms with van der Waals surface area (Å²) in [5.74, 6) is -0.237. The molecule has 1 rings (SSSR count). The molecule has 0 atom stereocenters. The lowest BCUT2D eigenvalue weighted by Gasteiger charge is -2.04. The SMILES string of the molecule is COc1ccc(F)c(C(=O)CCBr)c1. The fourth-order valence-electron chi connectivity index (χ4n) is 1.07. The number of halogens is 2. The maximum Gasteiger partial charge on any atom is 0.166 e. The highest BCUT2D eigenvalue weighted by Gasteiger charge is 2.11. The third-order valence-corrected chi connectivity index (χ3v) is 2.19. The molecule has 14 heavy (non-hydrogen) atoms. The van der Waals surface area contributed by atoms with Crippen molar-refractivity contribution in [2.45, 2.75) is 6.42 Å². The highest BCUT2D eigenvalue weighted by Crippen LogP contribution is 2.18. The maximum absolute atomic E-state index is 13.2. The van der Waals surface area contributed by atoms with Gasteiger partial charge in [0, 0.05) is 11.8 Å². The largest absolute Gasteiger partial charge is 0.497 e. The second-order valence-corrected chi connectivity index (χ2v) is 3.50. The molecule has 76 valence electrons. The van der Waals surface area contributed by atoms with Crippen LogP contribution in [0, 0.1) is 5.82 Å². The van der Waals surface area contributed by atoms with E-state index in [9.17, 15) is 9.18 Å². The molecule has 0 unspecified atom stereocenters. The molecule has 0 saturated carbocycles. The van der Waals surface area contributed by atoms with Gasteiger partial charge < -0.3 is 4.74 Å². The number of alkyl halides is 1. The normalized spacial score (nSPS) is 9.93. The molecule has 0 radical (unpaired) electrons. The summed E-state index contributed by atoms with van der Waals surface area (Å²) in [6.07, 6.45) is 0.282. The molecule has 0 aliphatic heterocycles. The van der Waals surface area contributed by atoms with E-state index in [1.165, 1.54) is 25.3 Å². The zero-order valence-electron chi connectivity index (χ0n) is 7.72. The van der Waals surface area contributed by atoms with Crippen LogP contribution in [-0.4, -0.2) is 18.2 Å². The van der Waals surface area contributed by atoms with E-state index in [2.05, 4.69) is 15.9 Å². The minimum atomic E-state index is -0.503. The number of ketones is 1. The summed E-state index contributed by atoms with van der Waals surface area (Å²) in [4.78, 5) is 11.4.